The molecule has 1 aliphatic carbocycles. The van der Waals surface area contributed by atoms with Gasteiger partial charge in [0, 0.05) is 25.6 Å². The molecule has 1 N–H and O–H groups in total. The molecule has 1 saturated carbocycles. The lowest BCUT2D eigenvalue weighted by Gasteiger charge is -2.37. The predicted molar refractivity (Wildman–Crippen MR) is 84.2 cm³/mol. The van der Waals surface area contributed by atoms with Crippen molar-refractivity contribution in [1.82, 2.24) is 20.1 Å². The average Bonchev–Trinajstić information content (AvgIpc) is 3.06. The van der Waals surface area contributed by atoms with Gasteiger partial charge in [-0.05, 0) is 32.7 Å². The largest absolute Gasteiger partial charge is 0.374 e. The topological polar surface area (TPSA) is 52.0 Å². The minimum Gasteiger partial charge on any atom is -0.374 e. The van der Waals surface area contributed by atoms with Crippen LogP contribution in [0.25, 0.3) is 0 Å². The van der Waals surface area contributed by atoms with Crippen LogP contribution in [0.15, 0.2) is 6.33 Å². The molecule has 5 nitrogen and oxygen atoms in total. The first-order valence-electron chi connectivity index (χ1n) is 8.29. The highest BCUT2D eigenvalue weighted by Crippen LogP contribution is 2.37. The maximum Gasteiger partial charge on any atom is 0.138 e. The van der Waals surface area contributed by atoms with E-state index < -0.39 is 0 Å². The van der Waals surface area contributed by atoms with Crippen molar-refractivity contribution in [3.05, 3.63) is 12.2 Å². The Kier molecular flexibility index (Phi) is 5.76. The maximum atomic E-state index is 6.19. The van der Waals surface area contributed by atoms with Crippen LogP contribution in [0.4, 0.5) is 0 Å². The fraction of sp³-hybridized carbons (Fsp3) is 0.875. The molecule has 21 heavy (non-hydrogen) atoms. The molecule has 0 spiro atoms. The second-order valence-electron chi connectivity index (χ2n) is 6.50. The van der Waals surface area contributed by atoms with E-state index in [9.17, 15) is 0 Å². The van der Waals surface area contributed by atoms with Crippen LogP contribution < -0.4 is 5.32 Å². The van der Waals surface area contributed by atoms with Gasteiger partial charge in [0.15, 0.2) is 0 Å². The lowest BCUT2D eigenvalue weighted by Crippen LogP contribution is -2.51. The number of ether oxygens (including phenoxy) is 1. The summed E-state index contributed by atoms with van der Waals surface area (Å²) in [5.41, 5.74) is -0.0297. The van der Waals surface area contributed by atoms with Crippen molar-refractivity contribution in [3.8, 4) is 0 Å². The molecule has 5 heteroatoms. The van der Waals surface area contributed by atoms with Crippen LogP contribution in [0.5, 0.6) is 0 Å². The quantitative estimate of drug-likeness (QED) is 0.800. The molecule has 1 fully saturated rings. The molecule has 0 saturated heterocycles. The van der Waals surface area contributed by atoms with Gasteiger partial charge in [-0.15, -0.1) is 0 Å². The second kappa shape index (κ2) is 7.36. The first kappa shape index (κ1) is 16.4. The van der Waals surface area contributed by atoms with Gasteiger partial charge in [-0.2, -0.15) is 5.10 Å². The third kappa shape index (κ3) is 3.83. The summed E-state index contributed by atoms with van der Waals surface area (Å²) in [6, 6.07) is 0.301. The number of likely N-dealkylation sites (N-methyl/N-ethyl adjacent to an activating group) is 1. The molecule has 1 aromatic rings. The summed E-state index contributed by atoms with van der Waals surface area (Å²) in [6.45, 7) is 8.21. The van der Waals surface area contributed by atoms with E-state index in [1.807, 2.05) is 11.7 Å². The van der Waals surface area contributed by atoms with Gasteiger partial charge in [-0.25, -0.2) is 9.67 Å². The van der Waals surface area contributed by atoms with E-state index >= 15 is 0 Å². The SMILES string of the molecule is CCOC1(C(Cc2ncnn2CC(C)C)NC)CCCC1. The van der Waals surface area contributed by atoms with Gasteiger partial charge in [0.05, 0.1) is 5.60 Å². The third-order valence-electron chi connectivity index (χ3n) is 4.49. The van der Waals surface area contributed by atoms with E-state index in [1.54, 1.807) is 6.33 Å². The smallest absolute Gasteiger partial charge is 0.138 e. The molecule has 1 unspecified atom stereocenters. The van der Waals surface area contributed by atoms with Crippen LogP contribution in [0.1, 0.15) is 52.3 Å². The zero-order valence-corrected chi connectivity index (χ0v) is 13.9. The van der Waals surface area contributed by atoms with Gasteiger partial charge in [0.1, 0.15) is 12.2 Å². The molecular weight excluding hydrogens is 264 g/mol. The van der Waals surface area contributed by atoms with Gasteiger partial charge >= 0.3 is 0 Å². The van der Waals surface area contributed by atoms with Gasteiger partial charge < -0.3 is 10.1 Å². The van der Waals surface area contributed by atoms with E-state index in [1.165, 1.54) is 12.8 Å². The zero-order chi connectivity index (χ0) is 15.3. The van der Waals surface area contributed by atoms with Crippen LogP contribution in [-0.4, -0.2) is 40.1 Å². The Balaban J connectivity index is 2.13. The molecule has 1 aromatic heterocycles. The van der Waals surface area contributed by atoms with Gasteiger partial charge in [0.2, 0.25) is 0 Å². The van der Waals surface area contributed by atoms with E-state index in [0.717, 1.165) is 38.2 Å². The first-order valence-corrected chi connectivity index (χ1v) is 8.29. The molecule has 1 heterocycles. The van der Waals surface area contributed by atoms with Crippen molar-refractivity contribution in [2.24, 2.45) is 5.92 Å². The fourth-order valence-corrected chi connectivity index (χ4v) is 3.53. The summed E-state index contributed by atoms with van der Waals surface area (Å²) < 4.78 is 8.24. The molecule has 0 bridgehead atoms. The van der Waals surface area contributed by atoms with Crippen molar-refractivity contribution in [3.63, 3.8) is 0 Å². The Morgan fingerprint density at radius 2 is 2.10 bits per heavy atom. The lowest BCUT2D eigenvalue weighted by molar-refractivity contribution is -0.0602. The standard InChI is InChI=1S/C16H30N4O/c1-5-21-16(8-6-7-9-16)14(17-4)10-15-18-12-19-20(15)11-13(2)3/h12-14,17H,5-11H2,1-4H3. The first-order chi connectivity index (χ1) is 10.1. The van der Waals surface area contributed by atoms with Crippen molar-refractivity contribution in [2.45, 2.75) is 71.1 Å². The van der Waals surface area contributed by atoms with Crippen LogP contribution in [-0.2, 0) is 17.7 Å². The highest BCUT2D eigenvalue weighted by atomic mass is 16.5. The van der Waals surface area contributed by atoms with Crippen LogP contribution in [0.2, 0.25) is 0 Å². The number of aromatic nitrogens is 3. The summed E-state index contributed by atoms with van der Waals surface area (Å²) in [7, 11) is 2.03. The Hall–Kier alpha value is -0.940. The predicted octanol–water partition coefficient (Wildman–Crippen LogP) is 2.41. The molecule has 120 valence electrons. The Labute approximate surface area is 128 Å². The summed E-state index contributed by atoms with van der Waals surface area (Å²) in [5, 5.41) is 7.86. The second-order valence-corrected chi connectivity index (χ2v) is 6.50. The number of hydrogen-bond donors (Lipinski definition) is 1. The minimum atomic E-state index is -0.0297. The molecule has 0 radical (unpaired) electrons. The number of hydrogen-bond acceptors (Lipinski definition) is 4. The molecule has 0 aliphatic heterocycles. The minimum absolute atomic E-state index is 0.0297. The maximum absolute atomic E-state index is 6.19. The number of nitrogens with one attached hydrogen (secondary N) is 1. The summed E-state index contributed by atoms with van der Waals surface area (Å²) >= 11 is 0. The Morgan fingerprint density at radius 3 is 2.67 bits per heavy atom. The normalized spacial score (nSPS) is 19.3. The summed E-state index contributed by atoms with van der Waals surface area (Å²) in [5.74, 6) is 1.64. The summed E-state index contributed by atoms with van der Waals surface area (Å²) in [6.07, 6.45) is 7.36. The van der Waals surface area contributed by atoms with Gasteiger partial charge in [0.25, 0.3) is 0 Å². The van der Waals surface area contributed by atoms with E-state index in [-0.39, 0.29) is 5.60 Å². The highest BCUT2D eigenvalue weighted by molar-refractivity contribution is 5.02. The zero-order valence-electron chi connectivity index (χ0n) is 13.9. The molecule has 1 atom stereocenters. The summed E-state index contributed by atoms with van der Waals surface area (Å²) in [4.78, 5) is 4.48. The van der Waals surface area contributed by atoms with Crippen molar-refractivity contribution < 1.29 is 4.74 Å². The molecular formula is C16H30N4O. The van der Waals surface area contributed by atoms with E-state index in [2.05, 4.69) is 36.2 Å². The van der Waals surface area contributed by atoms with Crippen LogP contribution >= 0.6 is 0 Å². The number of nitrogens with zero attached hydrogens (tertiary/aromatic N) is 3. The number of rotatable bonds is 8. The van der Waals surface area contributed by atoms with Crippen molar-refractivity contribution in [1.29, 1.82) is 0 Å². The molecule has 0 aromatic carbocycles. The van der Waals surface area contributed by atoms with Crippen molar-refractivity contribution >= 4 is 0 Å². The third-order valence-corrected chi connectivity index (χ3v) is 4.49. The van der Waals surface area contributed by atoms with Gasteiger partial charge in [-0.1, -0.05) is 26.7 Å². The fourth-order valence-electron chi connectivity index (χ4n) is 3.53. The van der Waals surface area contributed by atoms with E-state index in [0.29, 0.717) is 12.0 Å². The lowest BCUT2D eigenvalue weighted by atomic mass is 9.89. The Morgan fingerprint density at radius 1 is 1.38 bits per heavy atom. The molecule has 1 aliphatic rings. The molecule has 2 rings (SSSR count). The van der Waals surface area contributed by atoms with Crippen molar-refractivity contribution in [2.75, 3.05) is 13.7 Å². The van der Waals surface area contributed by atoms with Crippen LogP contribution in [0.3, 0.4) is 0 Å². The van der Waals surface area contributed by atoms with Crippen LogP contribution in [0, 0.1) is 5.92 Å². The van der Waals surface area contributed by atoms with Gasteiger partial charge in [-0.3, -0.25) is 0 Å². The highest BCUT2D eigenvalue weighted by Gasteiger charge is 2.42. The van der Waals surface area contributed by atoms with E-state index in [4.69, 9.17) is 4.74 Å². The molecule has 0 amide bonds. The monoisotopic (exact) mass is 294 g/mol. The Bertz CT molecular complexity index is 424. The average molecular weight is 294 g/mol.